The Balaban J connectivity index is 1.96. The van der Waals surface area contributed by atoms with Gasteiger partial charge in [-0.25, -0.2) is 0 Å². The number of benzene rings is 1. The number of aromatic nitrogens is 3. The van der Waals surface area contributed by atoms with Gasteiger partial charge in [-0.2, -0.15) is 0 Å². The van der Waals surface area contributed by atoms with Crippen molar-refractivity contribution in [3.63, 3.8) is 0 Å². The van der Waals surface area contributed by atoms with Crippen LogP contribution < -0.4 is 0 Å². The molecule has 0 spiro atoms. The molecule has 1 aliphatic carbocycles. The van der Waals surface area contributed by atoms with Crippen LogP contribution >= 0.6 is 35.0 Å². The van der Waals surface area contributed by atoms with Crippen LogP contribution in [0.1, 0.15) is 51.3 Å². The Morgan fingerprint density at radius 2 is 2.08 bits per heavy atom. The summed E-state index contributed by atoms with van der Waals surface area (Å²) in [5.74, 6) is 1.10. The molecule has 26 heavy (non-hydrogen) atoms. The second-order valence-electron chi connectivity index (χ2n) is 6.20. The number of ether oxygens (including phenoxy) is 1. The first-order valence-corrected chi connectivity index (χ1v) is 10.4. The van der Waals surface area contributed by atoms with Crippen molar-refractivity contribution in [2.75, 3.05) is 6.61 Å². The maximum atomic E-state index is 12.3. The van der Waals surface area contributed by atoms with Crippen molar-refractivity contribution >= 4 is 40.9 Å². The zero-order chi connectivity index (χ0) is 18.7. The summed E-state index contributed by atoms with van der Waals surface area (Å²) >= 11 is 13.7. The highest BCUT2D eigenvalue weighted by Crippen LogP contribution is 2.42. The Morgan fingerprint density at radius 3 is 2.69 bits per heavy atom. The minimum absolute atomic E-state index is 0.212. The number of hydrogen-bond donors (Lipinski definition) is 0. The third-order valence-corrected chi connectivity index (χ3v) is 6.04. The topological polar surface area (TPSA) is 57.0 Å². The molecular weight excluding hydrogens is 393 g/mol. The predicted molar refractivity (Wildman–Crippen MR) is 105 cm³/mol. The average Bonchev–Trinajstić information content (AvgIpc) is 3.38. The number of carbonyl (C=O) groups excluding carboxylic acids is 1. The zero-order valence-corrected chi connectivity index (χ0v) is 17.1. The Bertz CT molecular complexity index is 793. The number of hydrogen-bond acceptors (Lipinski definition) is 5. The van der Waals surface area contributed by atoms with Crippen molar-refractivity contribution in [3.8, 4) is 5.69 Å². The summed E-state index contributed by atoms with van der Waals surface area (Å²) in [5.41, 5.74) is 0.855. The van der Waals surface area contributed by atoms with Gasteiger partial charge in [-0.1, -0.05) is 48.3 Å². The standard InChI is InChI=1S/C18H21Cl2N3O2S/c1-3-5-15(17(24)25-4-2)26-18-22-21-16(11-6-7-11)23(18)12-8-9-13(19)14(20)10-12/h8-11,15H,3-7H2,1-2H3/t15-/m1/s1. The third-order valence-electron chi connectivity index (χ3n) is 4.11. The second kappa shape index (κ2) is 8.63. The maximum absolute atomic E-state index is 12.3. The summed E-state index contributed by atoms with van der Waals surface area (Å²) in [6, 6.07) is 5.47. The molecule has 1 fully saturated rings. The SMILES string of the molecule is CCC[C@@H](Sc1nnc(C2CC2)n1-c1ccc(Cl)c(Cl)c1)C(=O)OCC. The largest absolute Gasteiger partial charge is 0.465 e. The molecule has 0 radical (unpaired) electrons. The number of rotatable bonds is 8. The molecule has 1 aromatic heterocycles. The summed E-state index contributed by atoms with van der Waals surface area (Å²) in [6.07, 6.45) is 3.80. The summed E-state index contributed by atoms with van der Waals surface area (Å²) in [6.45, 7) is 4.23. The maximum Gasteiger partial charge on any atom is 0.319 e. The highest BCUT2D eigenvalue weighted by molar-refractivity contribution is 8.00. The van der Waals surface area contributed by atoms with Crippen molar-refractivity contribution in [1.82, 2.24) is 14.8 Å². The molecule has 0 saturated heterocycles. The van der Waals surface area contributed by atoms with E-state index >= 15 is 0 Å². The lowest BCUT2D eigenvalue weighted by atomic mass is 10.2. The molecule has 8 heteroatoms. The van der Waals surface area contributed by atoms with E-state index in [9.17, 15) is 4.79 Å². The molecular formula is C18H21Cl2N3O2S. The number of halogens is 2. The van der Waals surface area contributed by atoms with Crippen LogP contribution in [0, 0.1) is 0 Å². The van der Waals surface area contributed by atoms with Gasteiger partial charge in [0.15, 0.2) is 5.16 Å². The quantitative estimate of drug-likeness (QED) is 0.435. The van der Waals surface area contributed by atoms with Gasteiger partial charge in [-0.15, -0.1) is 10.2 Å². The van der Waals surface area contributed by atoms with E-state index in [2.05, 4.69) is 10.2 Å². The molecule has 0 N–H and O–H groups in total. The lowest BCUT2D eigenvalue weighted by Crippen LogP contribution is -2.21. The third kappa shape index (κ3) is 4.35. The molecule has 1 atom stereocenters. The first kappa shape index (κ1) is 19.5. The Kier molecular flexibility index (Phi) is 6.48. The highest BCUT2D eigenvalue weighted by atomic mass is 35.5. The lowest BCUT2D eigenvalue weighted by molar-refractivity contribution is -0.142. The first-order chi connectivity index (χ1) is 12.5. The van der Waals surface area contributed by atoms with Gasteiger partial charge in [0.2, 0.25) is 0 Å². The molecule has 140 valence electrons. The van der Waals surface area contributed by atoms with E-state index in [0.717, 1.165) is 37.2 Å². The minimum atomic E-state index is -0.308. The van der Waals surface area contributed by atoms with Crippen LogP contribution in [0.25, 0.3) is 5.69 Å². The summed E-state index contributed by atoms with van der Waals surface area (Å²) in [7, 11) is 0. The molecule has 1 aromatic carbocycles. The van der Waals surface area contributed by atoms with E-state index in [1.54, 1.807) is 6.07 Å². The number of thioether (sulfide) groups is 1. The Morgan fingerprint density at radius 1 is 1.31 bits per heavy atom. The number of esters is 1. The zero-order valence-electron chi connectivity index (χ0n) is 14.7. The van der Waals surface area contributed by atoms with Gasteiger partial charge in [0.1, 0.15) is 11.1 Å². The summed E-state index contributed by atoms with van der Waals surface area (Å²) in [5, 5.41) is 10.1. The first-order valence-electron chi connectivity index (χ1n) is 8.79. The van der Waals surface area contributed by atoms with Gasteiger partial charge in [0.05, 0.1) is 22.3 Å². The fourth-order valence-corrected chi connectivity index (χ4v) is 4.14. The summed E-state index contributed by atoms with van der Waals surface area (Å²) < 4.78 is 7.21. The molecule has 1 heterocycles. The van der Waals surface area contributed by atoms with Gasteiger partial charge in [-0.3, -0.25) is 9.36 Å². The van der Waals surface area contributed by atoms with Crippen molar-refractivity contribution < 1.29 is 9.53 Å². The van der Waals surface area contributed by atoms with Crippen LogP contribution in [0.15, 0.2) is 23.4 Å². The Labute approximate surface area is 167 Å². The number of carbonyl (C=O) groups is 1. The van der Waals surface area contributed by atoms with Crippen LogP contribution in [0.3, 0.4) is 0 Å². The lowest BCUT2D eigenvalue weighted by Gasteiger charge is -2.15. The predicted octanol–water partition coefficient (Wildman–Crippen LogP) is 5.28. The Hall–Kier alpha value is -1.24. The van der Waals surface area contributed by atoms with Crippen LogP contribution in [-0.4, -0.2) is 32.6 Å². The highest BCUT2D eigenvalue weighted by Gasteiger charge is 2.32. The van der Waals surface area contributed by atoms with Gasteiger partial charge >= 0.3 is 5.97 Å². The van der Waals surface area contributed by atoms with Crippen LogP contribution in [0.2, 0.25) is 10.0 Å². The average molecular weight is 414 g/mol. The smallest absolute Gasteiger partial charge is 0.319 e. The number of nitrogens with zero attached hydrogens (tertiary/aromatic N) is 3. The van der Waals surface area contributed by atoms with E-state index in [1.807, 2.05) is 30.5 Å². The molecule has 0 bridgehead atoms. The summed E-state index contributed by atoms with van der Waals surface area (Å²) in [4.78, 5) is 12.3. The van der Waals surface area contributed by atoms with Crippen molar-refractivity contribution in [2.45, 2.75) is 55.9 Å². The normalized spacial score (nSPS) is 15.1. The van der Waals surface area contributed by atoms with Gasteiger partial charge in [0.25, 0.3) is 0 Å². The molecule has 1 saturated carbocycles. The molecule has 2 aromatic rings. The molecule has 3 rings (SSSR count). The second-order valence-corrected chi connectivity index (χ2v) is 8.18. The molecule has 5 nitrogen and oxygen atoms in total. The van der Waals surface area contributed by atoms with Crippen molar-refractivity contribution in [3.05, 3.63) is 34.1 Å². The monoisotopic (exact) mass is 413 g/mol. The van der Waals surface area contributed by atoms with E-state index in [4.69, 9.17) is 27.9 Å². The van der Waals surface area contributed by atoms with E-state index in [0.29, 0.717) is 27.7 Å². The van der Waals surface area contributed by atoms with Crippen LogP contribution in [-0.2, 0) is 9.53 Å². The van der Waals surface area contributed by atoms with E-state index in [-0.39, 0.29) is 11.2 Å². The molecule has 0 unspecified atom stereocenters. The van der Waals surface area contributed by atoms with Crippen LogP contribution in [0.4, 0.5) is 0 Å². The van der Waals surface area contributed by atoms with E-state index < -0.39 is 0 Å². The van der Waals surface area contributed by atoms with Gasteiger partial charge in [-0.05, 0) is 44.4 Å². The fraction of sp³-hybridized carbons (Fsp3) is 0.500. The molecule has 1 aliphatic rings. The van der Waals surface area contributed by atoms with Gasteiger partial charge in [0, 0.05) is 5.92 Å². The van der Waals surface area contributed by atoms with Crippen LogP contribution in [0.5, 0.6) is 0 Å². The van der Waals surface area contributed by atoms with Crippen molar-refractivity contribution in [2.24, 2.45) is 0 Å². The van der Waals surface area contributed by atoms with E-state index in [1.165, 1.54) is 11.8 Å². The molecule has 0 aliphatic heterocycles. The van der Waals surface area contributed by atoms with Crippen molar-refractivity contribution in [1.29, 1.82) is 0 Å². The minimum Gasteiger partial charge on any atom is -0.465 e. The molecule has 0 amide bonds. The fourth-order valence-electron chi connectivity index (χ4n) is 2.68. The van der Waals surface area contributed by atoms with Gasteiger partial charge < -0.3 is 4.74 Å².